The number of rotatable bonds is 2. The van der Waals surface area contributed by atoms with Crippen LogP contribution in [-0.4, -0.2) is 16.0 Å². The minimum Gasteiger partial charge on any atom is -0.342 e. The molecule has 0 spiro atoms. The number of Topliss-reactive ketones (excluding diaryl/α,β-unsaturated/α-hetero) is 1. The smallest absolute Gasteiger partial charge is 0.161 e. The molecule has 2 aromatic heterocycles. The Labute approximate surface area is 149 Å². The van der Waals surface area contributed by atoms with Gasteiger partial charge in [-0.1, -0.05) is 36.4 Å². The van der Waals surface area contributed by atoms with Gasteiger partial charge in [-0.2, -0.15) is 5.10 Å². The molecule has 0 saturated carbocycles. The number of fused-ring (bicyclic) bond motifs is 1. The number of benzene rings is 1. The Morgan fingerprint density at radius 2 is 1.96 bits per heavy atom. The van der Waals surface area contributed by atoms with E-state index in [2.05, 4.69) is 45.2 Å². The van der Waals surface area contributed by atoms with Gasteiger partial charge in [-0.25, -0.2) is 0 Å². The third-order valence-electron chi connectivity index (χ3n) is 5.00. The summed E-state index contributed by atoms with van der Waals surface area (Å²) in [4.78, 5) is 14.0. The molecule has 3 aromatic rings. The van der Waals surface area contributed by atoms with Crippen LogP contribution in [0.1, 0.15) is 35.6 Å². The molecule has 0 fully saturated rings. The fourth-order valence-electron chi connectivity index (χ4n) is 3.91. The molecule has 1 aliphatic carbocycles. The van der Waals surface area contributed by atoms with Crippen molar-refractivity contribution in [3.63, 3.8) is 0 Å². The summed E-state index contributed by atoms with van der Waals surface area (Å²) in [5.74, 6) is 1.08. The molecule has 1 atom stereocenters. The van der Waals surface area contributed by atoms with Gasteiger partial charge >= 0.3 is 0 Å². The first-order chi connectivity index (χ1) is 12.3. The quantitative estimate of drug-likeness (QED) is 0.706. The number of anilines is 1. The maximum atomic E-state index is 12.8. The first kappa shape index (κ1) is 14.7. The second-order valence-electron chi connectivity index (χ2n) is 6.47. The molecule has 5 heteroatoms. The minimum atomic E-state index is -0.0343. The summed E-state index contributed by atoms with van der Waals surface area (Å²) in [6, 6.07) is 14.4. The number of ketones is 1. The fourth-order valence-corrected chi connectivity index (χ4v) is 4.75. The maximum absolute atomic E-state index is 12.8. The van der Waals surface area contributed by atoms with Crippen molar-refractivity contribution in [2.45, 2.75) is 25.2 Å². The zero-order valence-electron chi connectivity index (χ0n) is 13.6. The van der Waals surface area contributed by atoms with Gasteiger partial charge in [-0.15, -0.1) is 11.3 Å². The van der Waals surface area contributed by atoms with Crippen LogP contribution in [0.15, 0.2) is 59.1 Å². The first-order valence-corrected chi connectivity index (χ1v) is 9.41. The molecule has 0 unspecified atom stereocenters. The third-order valence-corrected chi connectivity index (χ3v) is 5.93. The average Bonchev–Trinajstić information content (AvgIpc) is 3.31. The van der Waals surface area contributed by atoms with Crippen molar-refractivity contribution in [3.8, 4) is 11.3 Å². The number of carbonyl (C=O) groups is 1. The molecule has 2 N–H and O–H groups in total. The van der Waals surface area contributed by atoms with Crippen molar-refractivity contribution in [2.24, 2.45) is 0 Å². The third kappa shape index (κ3) is 2.27. The lowest BCUT2D eigenvalue weighted by Gasteiger charge is -2.31. The lowest BCUT2D eigenvalue weighted by Crippen LogP contribution is -2.26. The lowest BCUT2D eigenvalue weighted by atomic mass is 9.78. The number of thiophene rings is 1. The molecular formula is C20H17N3OS. The number of allylic oxidation sites excluding steroid dienone is 2. The number of hydrogen-bond acceptors (Lipinski definition) is 4. The van der Waals surface area contributed by atoms with Crippen LogP contribution >= 0.6 is 11.3 Å². The summed E-state index contributed by atoms with van der Waals surface area (Å²) in [5, 5.41) is 13.2. The molecule has 124 valence electrons. The molecule has 1 aliphatic heterocycles. The van der Waals surface area contributed by atoms with E-state index in [4.69, 9.17) is 0 Å². The highest BCUT2D eigenvalue weighted by Crippen LogP contribution is 2.48. The van der Waals surface area contributed by atoms with Crippen LogP contribution in [-0.2, 0) is 4.79 Å². The van der Waals surface area contributed by atoms with Gasteiger partial charge in [0, 0.05) is 28.1 Å². The lowest BCUT2D eigenvalue weighted by molar-refractivity contribution is -0.116. The van der Waals surface area contributed by atoms with Gasteiger partial charge in [0.15, 0.2) is 11.6 Å². The van der Waals surface area contributed by atoms with Crippen LogP contribution in [0.5, 0.6) is 0 Å². The van der Waals surface area contributed by atoms with Crippen molar-refractivity contribution >= 4 is 22.9 Å². The summed E-state index contributed by atoms with van der Waals surface area (Å²) in [7, 11) is 0. The van der Waals surface area contributed by atoms with E-state index < -0.39 is 0 Å². The molecule has 5 rings (SSSR count). The van der Waals surface area contributed by atoms with Crippen LogP contribution < -0.4 is 5.32 Å². The summed E-state index contributed by atoms with van der Waals surface area (Å²) >= 11 is 1.70. The Balaban J connectivity index is 1.75. The molecule has 0 amide bonds. The molecular weight excluding hydrogens is 330 g/mol. The van der Waals surface area contributed by atoms with Crippen molar-refractivity contribution < 1.29 is 4.79 Å². The molecule has 0 radical (unpaired) electrons. The Morgan fingerprint density at radius 1 is 1.08 bits per heavy atom. The Bertz CT molecular complexity index is 970. The second-order valence-corrected chi connectivity index (χ2v) is 7.45. The van der Waals surface area contributed by atoms with E-state index in [0.29, 0.717) is 6.42 Å². The van der Waals surface area contributed by atoms with E-state index >= 15 is 0 Å². The highest BCUT2D eigenvalue weighted by molar-refractivity contribution is 7.10. The van der Waals surface area contributed by atoms with Crippen molar-refractivity contribution in [1.29, 1.82) is 0 Å². The highest BCUT2D eigenvalue weighted by atomic mass is 32.1. The van der Waals surface area contributed by atoms with Crippen molar-refractivity contribution in [2.75, 3.05) is 5.32 Å². The number of aromatic nitrogens is 2. The van der Waals surface area contributed by atoms with E-state index in [1.807, 2.05) is 18.2 Å². The minimum absolute atomic E-state index is 0.0343. The van der Waals surface area contributed by atoms with Crippen LogP contribution in [0.3, 0.4) is 0 Å². The van der Waals surface area contributed by atoms with Gasteiger partial charge in [0.2, 0.25) is 0 Å². The van der Waals surface area contributed by atoms with E-state index in [1.165, 1.54) is 4.88 Å². The van der Waals surface area contributed by atoms with E-state index in [-0.39, 0.29) is 11.7 Å². The number of nitrogens with one attached hydrogen (secondary N) is 2. The number of nitrogens with zero attached hydrogens (tertiary/aromatic N) is 1. The molecule has 4 nitrogen and oxygen atoms in total. The monoisotopic (exact) mass is 347 g/mol. The SMILES string of the molecule is O=C1CCCC2=C1[C@@H](c1cccs1)c1c(n[nH]c1-c1ccccc1)N2. The highest BCUT2D eigenvalue weighted by Gasteiger charge is 2.38. The largest absolute Gasteiger partial charge is 0.342 e. The fraction of sp³-hybridized carbons (Fsp3) is 0.200. The standard InChI is InChI=1S/C20H17N3OS/c24-14-9-4-8-13-16(14)17(15-10-5-11-25-15)18-19(22-23-20(18)21-13)12-6-2-1-3-7-12/h1-3,5-7,10-11,17H,4,8-9H2,(H2,21,22,23)/t17-/m1/s1. The van der Waals surface area contributed by atoms with Crippen molar-refractivity contribution in [3.05, 3.63) is 69.6 Å². The molecule has 3 heterocycles. The van der Waals surface area contributed by atoms with Gasteiger partial charge in [0.25, 0.3) is 0 Å². The first-order valence-electron chi connectivity index (χ1n) is 8.53. The topological polar surface area (TPSA) is 57.8 Å². The molecule has 0 bridgehead atoms. The average molecular weight is 347 g/mol. The van der Waals surface area contributed by atoms with E-state index in [1.54, 1.807) is 11.3 Å². The van der Waals surface area contributed by atoms with Gasteiger partial charge in [-0.3, -0.25) is 9.89 Å². The predicted octanol–water partition coefficient (Wildman–Crippen LogP) is 4.70. The van der Waals surface area contributed by atoms with E-state index in [9.17, 15) is 4.79 Å². The van der Waals surface area contributed by atoms with Crippen LogP contribution in [0.25, 0.3) is 11.3 Å². The molecule has 2 aliphatic rings. The zero-order valence-corrected chi connectivity index (χ0v) is 14.4. The zero-order chi connectivity index (χ0) is 16.8. The predicted molar refractivity (Wildman–Crippen MR) is 99.7 cm³/mol. The Hall–Kier alpha value is -2.66. The molecule has 25 heavy (non-hydrogen) atoms. The van der Waals surface area contributed by atoms with Gasteiger partial charge in [-0.05, 0) is 29.9 Å². The van der Waals surface area contributed by atoms with Crippen LogP contribution in [0, 0.1) is 0 Å². The number of H-pyrrole nitrogens is 1. The number of carbonyl (C=O) groups excluding carboxylic acids is 1. The van der Waals surface area contributed by atoms with Gasteiger partial charge in [0.1, 0.15) is 0 Å². The number of aromatic amines is 1. The van der Waals surface area contributed by atoms with Gasteiger partial charge in [0.05, 0.1) is 11.6 Å². The molecule has 0 saturated heterocycles. The molecule has 1 aromatic carbocycles. The summed E-state index contributed by atoms with van der Waals surface area (Å²) in [6.45, 7) is 0. The summed E-state index contributed by atoms with van der Waals surface area (Å²) < 4.78 is 0. The summed E-state index contributed by atoms with van der Waals surface area (Å²) in [5.41, 5.74) is 5.15. The van der Waals surface area contributed by atoms with Crippen molar-refractivity contribution in [1.82, 2.24) is 10.2 Å². The Morgan fingerprint density at radius 3 is 2.76 bits per heavy atom. The summed E-state index contributed by atoms with van der Waals surface area (Å²) in [6.07, 6.45) is 2.46. The van der Waals surface area contributed by atoms with Gasteiger partial charge < -0.3 is 5.32 Å². The second kappa shape index (κ2) is 5.70. The number of hydrogen-bond donors (Lipinski definition) is 2. The Kier molecular flexibility index (Phi) is 3.35. The maximum Gasteiger partial charge on any atom is 0.161 e. The van der Waals surface area contributed by atoms with E-state index in [0.717, 1.165) is 46.8 Å². The van der Waals surface area contributed by atoms with Crippen LogP contribution in [0.2, 0.25) is 0 Å². The normalized spacial score (nSPS) is 19.4. The van der Waals surface area contributed by atoms with Crippen LogP contribution in [0.4, 0.5) is 5.82 Å².